The molecule has 35 heavy (non-hydrogen) atoms. The Morgan fingerprint density at radius 3 is 1.74 bits per heavy atom. The summed E-state index contributed by atoms with van der Waals surface area (Å²) in [4.78, 5) is 11.5. The minimum atomic E-state index is -3.89. The molecule has 6 nitrogen and oxygen atoms in total. The first-order chi connectivity index (χ1) is 16.5. The number of benzene rings is 1. The van der Waals surface area contributed by atoms with Crippen LogP contribution in [0, 0.1) is 45.6 Å². The van der Waals surface area contributed by atoms with Crippen LogP contribution in [0.5, 0.6) is 0 Å². The Hall–Kier alpha value is -1.23. The van der Waals surface area contributed by atoms with Gasteiger partial charge in [-0.15, -0.1) is 0 Å². The molecular weight excluding hydrogens is 461 g/mol. The minimum Gasteiger partial charge on any atom is -0.304 e. The van der Waals surface area contributed by atoms with E-state index in [1.54, 1.807) is 0 Å². The molecular formula is C28H46NO5P. The topological polar surface area (TPSA) is 78.7 Å². The summed E-state index contributed by atoms with van der Waals surface area (Å²) in [5, 5.41) is 11.8. The molecule has 2 saturated carbocycles. The summed E-state index contributed by atoms with van der Waals surface area (Å²) >= 11 is 0. The van der Waals surface area contributed by atoms with E-state index in [-0.39, 0.29) is 29.0 Å². The predicted molar refractivity (Wildman–Crippen MR) is 141 cm³/mol. The molecule has 0 saturated heterocycles. The summed E-state index contributed by atoms with van der Waals surface area (Å²) in [6, 6.07) is 9.19. The summed E-state index contributed by atoms with van der Waals surface area (Å²) in [6.07, 6.45) is 5.46. The standard InChI is InChI=1S/C28H46NO5P/c1-19(2)24-14-12-21(5)16-26(24)33-35(32,28(18-29(30)31)23-10-8-7-9-11-23)34-27-17-22(6)13-15-25(27)20(3)4/h7-11,19-22,24-28H,12-18H2,1-6H3/t21-,22-,24-,25+,26-,27-,28-,35?/m1/s1. The molecule has 2 aliphatic carbocycles. The van der Waals surface area contributed by atoms with E-state index in [2.05, 4.69) is 41.5 Å². The van der Waals surface area contributed by atoms with Gasteiger partial charge in [0.25, 0.3) is 0 Å². The van der Waals surface area contributed by atoms with Crippen molar-refractivity contribution in [2.45, 2.75) is 97.9 Å². The molecule has 7 heteroatoms. The lowest BCUT2D eigenvalue weighted by molar-refractivity contribution is -0.480. The molecule has 0 radical (unpaired) electrons. The fourth-order valence-corrected chi connectivity index (χ4v) is 8.68. The van der Waals surface area contributed by atoms with Crippen LogP contribution in [0.25, 0.3) is 0 Å². The van der Waals surface area contributed by atoms with Crippen molar-refractivity contribution in [3.8, 4) is 0 Å². The third kappa shape index (κ3) is 7.40. The molecule has 3 rings (SSSR count). The second-order valence-electron chi connectivity index (χ2n) is 11.9. The van der Waals surface area contributed by atoms with E-state index in [0.717, 1.165) is 38.5 Å². The molecule has 0 spiro atoms. The zero-order valence-corrected chi connectivity index (χ0v) is 23.4. The van der Waals surface area contributed by atoms with Crippen LogP contribution < -0.4 is 0 Å². The maximum Gasteiger partial charge on any atom is 0.345 e. The monoisotopic (exact) mass is 507 g/mol. The summed E-state index contributed by atoms with van der Waals surface area (Å²) in [5.74, 6) is 2.22. The average molecular weight is 508 g/mol. The number of hydrogen-bond acceptors (Lipinski definition) is 5. The Bertz CT molecular complexity index is 822. The Balaban J connectivity index is 2.03. The number of nitro groups is 1. The van der Waals surface area contributed by atoms with Gasteiger partial charge in [-0.3, -0.25) is 14.7 Å². The molecule has 1 unspecified atom stereocenters. The molecule has 2 aliphatic rings. The van der Waals surface area contributed by atoms with Crippen molar-refractivity contribution < 1.29 is 18.5 Å². The van der Waals surface area contributed by atoms with Crippen molar-refractivity contribution in [3.05, 3.63) is 46.0 Å². The fourth-order valence-electron chi connectivity index (χ4n) is 6.23. The van der Waals surface area contributed by atoms with Crippen LogP contribution in [-0.4, -0.2) is 23.7 Å². The molecule has 2 fully saturated rings. The molecule has 1 aromatic carbocycles. The van der Waals surface area contributed by atoms with Gasteiger partial charge >= 0.3 is 7.60 Å². The molecule has 0 heterocycles. The molecule has 8 atom stereocenters. The van der Waals surface area contributed by atoms with E-state index in [4.69, 9.17) is 9.05 Å². The Labute approximate surface area is 212 Å². The van der Waals surface area contributed by atoms with E-state index in [1.165, 1.54) is 0 Å². The number of nitrogens with zero attached hydrogens (tertiary/aromatic N) is 1. The summed E-state index contributed by atoms with van der Waals surface area (Å²) < 4.78 is 28.3. The minimum absolute atomic E-state index is 0.221. The average Bonchev–Trinajstić information content (AvgIpc) is 2.77. The van der Waals surface area contributed by atoms with Gasteiger partial charge in [0.1, 0.15) is 0 Å². The van der Waals surface area contributed by atoms with Gasteiger partial charge in [0.15, 0.2) is 5.66 Å². The van der Waals surface area contributed by atoms with Crippen molar-refractivity contribution in [1.82, 2.24) is 0 Å². The van der Waals surface area contributed by atoms with Gasteiger partial charge < -0.3 is 9.05 Å². The zero-order valence-electron chi connectivity index (χ0n) is 22.5. The molecule has 198 valence electrons. The van der Waals surface area contributed by atoms with Gasteiger partial charge in [0.2, 0.25) is 6.54 Å². The highest BCUT2D eigenvalue weighted by Gasteiger charge is 2.48. The molecule has 0 bridgehead atoms. The first kappa shape index (κ1) is 28.3. The van der Waals surface area contributed by atoms with E-state index in [1.807, 2.05) is 30.3 Å². The van der Waals surface area contributed by atoms with Crippen molar-refractivity contribution >= 4 is 7.60 Å². The smallest absolute Gasteiger partial charge is 0.304 e. The van der Waals surface area contributed by atoms with Crippen LogP contribution in [0.2, 0.25) is 0 Å². The largest absolute Gasteiger partial charge is 0.345 e. The fraction of sp³-hybridized carbons (Fsp3) is 0.786. The molecule has 0 aliphatic heterocycles. The summed E-state index contributed by atoms with van der Waals surface area (Å²) in [7, 11) is -3.89. The third-order valence-electron chi connectivity index (χ3n) is 8.38. The third-order valence-corrected chi connectivity index (χ3v) is 10.7. The first-order valence-electron chi connectivity index (χ1n) is 13.6. The molecule has 1 aromatic rings. The van der Waals surface area contributed by atoms with Crippen LogP contribution in [0.15, 0.2) is 30.3 Å². The van der Waals surface area contributed by atoms with Gasteiger partial charge in [-0.25, -0.2) is 0 Å². The summed E-state index contributed by atoms with van der Waals surface area (Å²) in [5.41, 5.74) is -0.267. The highest BCUT2D eigenvalue weighted by molar-refractivity contribution is 7.54. The van der Waals surface area contributed by atoms with Gasteiger partial charge in [0.05, 0.1) is 12.2 Å². The van der Waals surface area contributed by atoms with Gasteiger partial charge in [0, 0.05) is 4.92 Å². The van der Waals surface area contributed by atoms with Crippen molar-refractivity contribution in [2.75, 3.05) is 6.54 Å². The van der Waals surface area contributed by atoms with Crippen molar-refractivity contribution in [2.24, 2.45) is 35.5 Å². The van der Waals surface area contributed by atoms with Crippen LogP contribution in [0.4, 0.5) is 0 Å². The van der Waals surface area contributed by atoms with E-state index < -0.39 is 19.8 Å². The zero-order chi connectivity index (χ0) is 25.8. The predicted octanol–water partition coefficient (Wildman–Crippen LogP) is 8.15. The van der Waals surface area contributed by atoms with Crippen LogP contribution >= 0.6 is 7.60 Å². The Kier molecular flexibility index (Phi) is 9.99. The summed E-state index contributed by atoms with van der Waals surface area (Å²) in [6.45, 7) is 12.7. The van der Waals surface area contributed by atoms with Crippen LogP contribution in [0.3, 0.4) is 0 Å². The van der Waals surface area contributed by atoms with Crippen molar-refractivity contribution in [1.29, 1.82) is 0 Å². The molecule has 0 N–H and O–H groups in total. The quantitative estimate of drug-likeness (QED) is 0.181. The van der Waals surface area contributed by atoms with E-state index in [9.17, 15) is 14.7 Å². The van der Waals surface area contributed by atoms with Gasteiger partial charge in [-0.2, -0.15) is 0 Å². The number of rotatable bonds is 10. The van der Waals surface area contributed by atoms with E-state index >= 15 is 0 Å². The Morgan fingerprint density at radius 1 is 0.886 bits per heavy atom. The normalized spacial score (nSPS) is 32.3. The maximum absolute atomic E-state index is 15.0. The lowest BCUT2D eigenvalue weighted by Crippen LogP contribution is -2.37. The lowest BCUT2D eigenvalue weighted by atomic mass is 9.75. The number of hydrogen-bond donors (Lipinski definition) is 0. The van der Waals surface area contributed by atoms with Crippen LogP contribution in [0.1, 0.15) is 91.3 Å². The Morgan fingerprint density at radius 2 is 1.34 bits per heavy atom. The van der Waals surface area contributed by atoms with Crippen LogP contribution in [-0.2, 0) is 13.6 Å². The second kappa shape index (κ2) is 12.3. The maximum atomic E-state index is 15.0. The van der Waals surface area contributed by atoms with Gasteiger partial charge in [-0.1, -0.05) is 84.7 Å². The second-order valence-corrected chi connectivity index (χ2v) is 14.0. The van der Waals surface area contributed by atoms with E-state index in [0.29, 0.717) is 29.2 Å². The molecule has 0 amide bonds. The van der Waals surface area contributed by atoms with Gasteiger partial charge in [-0.05, 0) is 66.8 Å². The first-order valence-corrected chi connectivity index (χ1v) is 15.2. The highest BCUT2D eigenvalue weighted by Crippen LogP contribution is 2.65. The highest BCUT2D eigenvalue weighted by atomic mass is 31.2. The SMILES string of the molecule is CC(C)[C@H]1CC[C@@H](C)C[C@H]1OP(=O)(O[C@@H]1C[C@H](C)CC[C@H]1C(C)C)[C@H](C[N+](=O)[O-])c1ccccc1. The van der Waals surface area contributed by atoms with Crippen molar-refractivity contribution in [3.63, 3.8) is 0 Å². The lowest BCUT2D eigenvalue weighted by Gasteiger charge is -2.43. The molecule has 0 aromatic heterocycles.